The molecule has 4 rings (SSSR count). The van der Waals surface area contributed by atoms with Gasteiger partial charge in [0.05, 0.1) is 17.5 Å². The number of hydrogen-bond acceptors (Lipinski definition) is 6. The summed E-state index contributed by atoms with van der Waals surface area (Å²) < 4.78 is 0. The number of aromatic nitrogens is 1. The molecule has 1 saturated heterocycles. The number of fused-ring (bicyclic) bond motifs is 1. The maximum Gasteiger partial charge on any atom is 0.249 e. The molecule has 3 unspecified atom stereocenters. The van der Waals surface area contributed by atoms with Crippen LogP contribution in [0.2, 0.25) is 0 Å². The monoisotopic (exact) mass is 485 g/mol. The normalized spacial score (nSPS) is 21.3. The number of nitrogens with zero attached hydrogens (tertiary/aromatic N) is 2. The summed E-state index contributed by atoms with van der Waals surface area (Å²) in [7, 11) is 0. The number of carbonyl (C=O) groups is 3. The van der Waals surface area contributed by atoms with Crippen LogP contribution >= 0.6 is 23.1 Å². The van der Waals surface area contributed by atoms with E-state index < -0.39 is 6.04 Å². The van der Waals surface area contributed by atoms with E-state index in [1.165, 1.54) is 21.8 Å². The van der Waals surface area contributed by atoms with Crippen LogP contribution in [0, 0.1) is 32.6 Å². The number of likely N-dealkylation sites (tertiary alicyclic amines) is 1. The van der Waals surface area contributed by atoms with Gasteiger partial charge in [-0.15, -0.1) is 11.3 Å². The van der Waals surface area contributed by atoms with E-state index in [0.29, 0.717) is 17.3 Å². The molecule has 2 aliphatic rings. The number of imide groups is 1. The van der Waals surface area contributed by atoms with Crippen molar-refractivity contribution in [2.45, 2.75) is 58.9 Å². The molecule has 3 amide bonds. The van der Waals surface area contributed by atoms with Gasteiger partial charge in [-0.1, -0.05) is 30.5 Å². The van der Waals surface area contributed by atoms with Gasteiger partial charge in [-0.05, 0) is 63.2 Å². The fraction of sp³-hybridized carbons (Fsp3) is 0.520. The van der Waals surface area contributed by atoms with E-state index in [4.69, 9.17) is 0 Å². The summed E-state index contributed by atoms with van der Waals surface area (Å²) in [5.41, 5.74) is 5.39. The Bertz CT molecular complexity index is 1030. The number of thiazole rings is 1. The smallest absolute Gasteiger partial charge is 0.249 e. The Morgan fingerprint density at radius 2 is 1.76 bits per heavy atom. The maximum atomic E-state index is 13.3. The topological polar surface area (TPSA) is 79.4 Å². The SMILES string of the molecule is CSCCC(C(=O)Nc1nc(-c2c(C)cc(C)cc2C)cs1)N1C(=O)C2CCCCC2C1=O. The second kappa shape index (κ2) is 9.97. The minimum absolute atomic E-state index is 0.170. The van der Waals surface area contributed by atoms with Crippen LogP contribution < -0.4 is 5.32 Å². The van der Waals surface area contributed by atoms with Crippen molar-refractivity contribution in [2.24, 2.45) is 11.8 Å². The Hall–Kier alpha value is -2.19. The Morgan fingerprint density at radius 1 is 1.15 bits per heavy atom. The maximum absolute atomic E-state index is 13.3. The first-order valence-electron chi connectivity index (χ1n) is 11.5. The number of thioether (sulfide) groups is 1. The highest BCUT2D eigenvalue weighted by molar-refractivity contribution is 7.98. The molecule has 2 fully saturated rings. The summed E-state index contributed by atoms with van der Waals surface area (Å²) in [5, 5.41) is 5.33. The first-order chi connectivity index (χ1) is 15.8. The van der Waals surface area contributed by atoms with Gasteiger partial charge in [0.25, 0.3) is 0 Å². The Balaban J connectivity index is 1.55. The molecule has 0 radical (unpaired) electrons. The van der Waals surface area contributed by atoms with Crippen LogP contribution in [0.4, 0.5) is 5.13 Å². The van der Waals surface area contributed by atoms with Crippen molar-refractivity contribution in [2.75, 3.05) is 17.3 Å². The third-order valence-corrected chi connectivity index (χ3v) is 8.15. The minimum Gasteiger partial charge on any atom is -0.300 e. The highest BCUT2D eigenvalue weighted by atomic mass is 32.2. The van der Waals surface area contributed by atoms with E-state index in [0.717, 1.165) is 48.1 Å². The van der Waals surface area contributed by atoms with Gasteiger partial charge in [-0.3, -0.25) is 19.3 Å². The first-order valence-corrected chi connectivity index (χ1v) is 13.8. The molecule has 2 aromatic rings. The molecule has 3 atom stereocenters. The van der Waals surface area contributed by atoms with E-state index in [1.807, 2.05) is 11.6 Å². The molecule has 1 aromatic carbocycles. The molecule has 0 spiro atoms. The van der Waals surface area contributed by atoms with E-state index in [9.17, 15) is 14.4 Å². The van der Waals surface area contributed by atoms with Gasteiger partial charge in [0.1, 0.15) is 6.04 Å². The molecule has 1 saturated carbocycles. The van der Waals surface area contributed by atoms with Crippen LogP contribution in [0.25, 0.3) is 11.3 Å². The zero-order chi connectivity index (χ0) is 23.7. The average molecular weight is 486 g/mol. The van der Waals surface area contributed by atoms with Crippen molar-refractivity contribution in [1.82, 2.24) is 9.88 Å². The molecular weight excluding hydrogens is 454 g/mol. The Morgan fingerprint density at radius 3 is 2.33 bits per heavy atom. The molecular formula is C25H31N3O3S2. The van der Waals surface area contributed by atoms with Crippen molar-refractivity contribution >= 4 is 46.0 Å². The zero-order valence-corrected chi connectivity index (χ0v) is 21.3. The average Bonchev–Trinajstić information content (AvgIpc) is 3.31. The number of benzene rings is 1. The van der Waals surface area contributed by atoms with Gasteiger partial charge >= 0.3 is 0 Å². The molecule has 1 N–H and O–H groups in total. The second-order valence-electron chi connectivity index (χ2n) is 9.14. The Labute approximate surface area is 203 Å². The number of rotatable bonds is 7. The van der Waals surface area contributed by atoms with Crippen LogP contribution in [-0.2, 0) is 14.4 Å². The number of nitrogens with one attached hydrogen (secondary N) is 1. The lowest BCUT2D eigenvalue weighted by Gasteiger charge is -2.25. The summed E-state index contributed by atoms with van der Waals surface area (Å²) in [5.74, 6) is -0.490. The third-order valence-electron chi connectivity index (χ3n) is 6.75. The molecule has 1 aliphatic heterocycles. The van der Waals surface area contributed by atoms with Gasteiger partial charge in [0, 0.05) is 10.9 Å². The largest absolute Gasteiger partial charge is 0.300 e. The van der Waals surface area contributed by atoms with Crippen molar-refractivity contribution in [1.29, 1.82) is 0 Å². The van der Waals surface area contributed by atoms with Gasteiger partial charge in [-0.2, -0.15) is 11.8 Å². The van der Waals surface area contributed by atoms with E-state index in [2.05, 4.69) is 43.2 Å². The lowest BCUT2D eigenvalue weighted by atomic mass is 9.81. The van der Waals surface area contributed by atoms with Crippen LogP contribution in [0.1, 0.15) is 48.8 Å². The highest BCUT2D eigenvalue weighted by Crippen LogP contribution is 2.39. The van der Waals surface area contributed by atoms with Crippen LogP contribution in [0.15, 0.2) is 17.5 Å². The third kappa shape index (κ3) is 4.73. The van der Waals surface area contributed by atoms with Crippen molar-refractivity contribution in [3.05, 3.63) is 34.2 Å². The second-order valence-corrected chi connectivity index (χ2v) is 11.0. The number of hydrogen-bond donors (Lipinski definition) is 1. The number of carbonyl (C=O) groups excluding carboxylic acids is 3. The summed E-state index contributed by atoms with van der Waals surface area (Å²) in [6, 6.07) is 3.46. The van der Waals surface area contributed by atoms with Gasteiger partial charge < -0.3 is 5.32 Å². The fourth-order valence-electron chi connectivity index (χ4n) is 5.32. The summed E-state index contributed by atoms with van der Waals surface area (Å²) in [6.07, 6.45) is 5.83. The van der Waals surface area contributed by atoms with Crippen molar-refractivity contribution in [3.8, 4) is 11.3 Å². The number of anilines is 1. The predicted molar refractivity (Wildman–Crippen MR) is 134 cm³/mol. The number of aryl methyl sites for hydroxylation is 3. The summed E-state index contributed by atoms with van der Waals surface area (Å²) in [4.78, 5) is 45.5. The molecule has 2 heterocycles. The quantitative estimate of drug-likeness (QED) is 0.560. The summed E-state index contributed by atoms with van der Waals surface area (Å²) in [6.45, 7) is 6.20. The van der Waals surface area contributed by atoms with E-state index >= 15 is 0 Å². The molecule has 6 nitrogen and oxygen atoms in total. The van der Waals surface area contributed by atoms with Crippen molar-refractivity contribution < 1.29 is 14.4 Å². The highest BCUT2D eigenvalue weighted by Gasteiger charge is 2.51. The standard InChI is InChI=1S/C25H31N3O3S2/c1-14-11-15(2)21(16(3)12-14)19-13-33-25(26-19)27-22(29)20(9-10-32-4)28-23(30)17-7-5-6-8-18(17)24(28)31/h11-13,17-18,20H,5-10H2,1-4H3,(H,26,27,29). The molecule has 176 valence electrons. The van der Waals surface area contributed by atoms with Crippen LogP contribution in [0.3, 0.4) is 0 Å². The predicted octanol–water partition coefficient (Wildman–Crippen LogP) is 4.97. The van der Waals surface area contributed by atoms with Crippen LogP contribution in [-0.4, -0.2) is 45.7 Å². The number of amides is 3. The molecule has 1 aromatic heterocycles. The lowest BCUT2D eigenvalue weighted by molar-refractivity contribution is -0.146. The van der Waals surface area contributed by atoms with Gasteiger partial charge in [0.15, 0.2) is 5.13 Å². The molecule has 33 heavy (non-hydrogen) atoms. The van der Waals surface area contributed by atoms with Gasteiger partial charge in [0.2, 0.25) is 17.7 Å². The minimum atomic E-state index is -0.793. The molecule has 1 aliphatic carbocycles. The van der Waals surface area contributed by atoms with Crippen molar-refractivity contribution in [3.63, 3.8) is 0 Å². The van der Waals surface area contributed by atoms with Crippen LogP contribution in [0.5, 0.6) is 0 Å². The first kappa shape index (κ1) is 24.0. The fourth-order valence-corrected chi connectivity index (χ4v) is 6.48. The van der Waals surface area contributed by atoms with E-state index in [-0.39, 0.29) is 29.6 Å². The molecule has 8 heteroatoms. The molecule has 0 bridgehead atoms. The summed E-state index contributed by atoms with van der Waals surface area (Å²) >= 11 is 2.97. The van der Waals surface area contributed by atoms with Gasteiger partial charge in [-0.25, -0.2) is 4.98 Å². The lowest BCUT2D eigenvalue weighted by Crippen LogP contribution is -2.48. The zero-order valence-electron chi connectivity index (χ0n) is 19.6. The van der Waals surface area contributed by atoms with E-state index in [1.54, 1.807) is 11.8 Å². The Kier molecular flexibility index (Phi) is 7.24.